The van der Waals surface area contributed by atoms with E-state index >= 15 is 0 Å². The van der Waals surface area contributed by atoms with E-state index in [0.717, 1.165) is 11.4 Å². The standard InChI is InChI=1S/C15H18ClN3O2/c1-19(13-8-10(16)4-5-11(13)17)9-12-15(21-3)14(20-2)6-7-18-12/h4-8H,9,17H2,1-3H3. The second kappa shape index (κ2) is 6.54. The van der Waals surface area contributed by atoms with Crippen molar-refractivity contribution in [3.05, 3.63) is 41.2 Å². The highest BCUT2D eigenvalue weighted by Gasteiger charge is 2.14. The number of hydrogen-bond acceptors (Lipinski definition) is 5. The second-order valence-corrected chi connectivity index (χ2v) is 4.99. The van der Waals surface area contributed by atoms with Crippen molar-refractivity contribution in [2.45, 2.75) is 6.54 Å². The normalized spacial score (nSPS) is 10.3. The predicted molar refractivity (Wildman–Crippen MR) is 85.3 cm³/mol. The van der Waals surface area contributed by atoms with Gasteiger partial charge >= 0.3 is 0 Å². The number of ether oxygens (including phenoxy) is 2. The van der Waals surface area contributed by atoms with Crippen molar-refractivity contribution in [1.82, 2.24) is 4.98 Å². The number of nitrogens with two attached hydrogens (primary N) is 1. The number of methoxy groups -OCH3 is 2. The van der Waals surface area contributed by atoms with Crippen LogP contribution in [0.15, 0.2) is 30.5 Å². The van der Waals surface area contributed by atoms with Crippen LogP contribution in [0.4, 0.5) is 11.4 Å². The van der Waals surface area contributed by atoms with Gasteiger partial charge in [-0.05, 0) is 18.2 Å². The monoisotopic (exact) mass is 307 g/mol. The Hall–Kier alpha value is -2.14. The van der Waals surface area contributed by atoms with Crippen molar-refractivity contribution in [3.8, 4) is 11.5 Å². The van der Waals surface area contributed by atoms with E-state index in [1.165, 1.54) is 0 Å². The summed E-state index contributed by atoms with van der Waals surface area (Å²) >= 11 is 6.03. The molecule has 5 nitrogen and oxygen atoms in total. The van der Waals surface area contributed by atoms with Gasteiger partial charge in [-0.25, -0.2) is 0 Å². The van der Waals surface area contributed by atoms with E-state index < -0.39 is 0 Å². The maximum absolute atomic E-state index is 6.03. The maximum Gasteiger partial charge on any atom is 0.184 e. The van der Waals surface area contributed by atoms with Gasteiger partial charge in [-0.3, -0.25) is 4.98 Å². The summed E-state index contributed by atoms with van der Waals surface area (Å²) in [6, 6.07) is 7.13. The Bertz CT molecular complexity index is 634. The van der Waals surface area contributed by atoms with E-state index in [1.54, 1.807) is 38.6 Å². The summed E-state index contributed by atoms with van der Waals surface area (Å²) in [7, 11) is 5.11. The van der Waals surface area contributed by atoms with Crippen molar-refractivity contribution < 1.29 is 9.47 Å². The maximum atomic E-state index is 6.03. The molecule has 0 amide bonds. The molecule has 1 aromatic carbocycles. The van der Waals surface area contributed by atoms with Crippen LogP contribution in [0.2, 0.25) is 5.02 Å². The zero-order chi connectivity index (χ0) is 15.4. The zero-order valence-corrected chi connectivity index (χ0v) is 13.0. The van der Waals surface area contributed by atoms with Crippen molar-refractivity contribution in [1.29, 1.82) is 0 Å². The highest BCUT2D eigenvalue weighted by molar-refractivity contribution is 6.31. The highest BCUT2D eigenvalue weighted by atomic mass is 35.5. The van der Waals surface area contributed by atoms with Crippen LogP contribution in [0.1, 0.15) is 5.69 Å². The van der Waals surface area contributed by atoms with E-state index in [2.05, 4.69) is 4.98 Å². The van der Waals surface area contributed by atoms with Crippen LogP contribution in [0.5, 0.6) is 11.5 Å². The van der Waals surface area contributed by atoms with Crippen LogP contribution in [0.25, 0.3) is 0 Å². The SMILES string of the molecule is COc1ccnc(CN(C)c2cc(Cl)ccc2N)c1OC. The lowest BCUT2D eigenvalue weighted by Gasteiger charge is -2.22. The van der Waals surface area contributed by atoms with Crippen molar-refractivity contribution in [2.24, 2.45) is 0 Å². The fourth-order valence-electron chi connectivity index (χ4n) is 2.12. The Morgan fingerprint density at radius 3 is 2.67 bits per heavy atom. The second-order valence-electron chi connectivity index (χ2n) is 4.55. The molecule has 2 N–H and O–H groups in total. The molecule has 2 aromatic rings. The molecule has 0 bridgehead atoms. The van der Waals surface area contributed by atoms with Crippen molar-refractivity contribution >= 4 is 23.0 Å². The molecule has 2 rings (SSSR count). The minimum absolute atomic E-state index is 0.519. The molecular weight excluding hydrogens is 290 g/mol. The summed E-state index contributed by atoms with van der Waals surface area (Å²) in [5.74, 6) is 1.27. The first kappa shape index (κ1) is 15.3. The van der Waals surface area contributed by atoms with Gasteiger partial charge < -0.3 is 20.1 Å². The summed E-state index contributed by atoms with van der Waals surface area (Å²) in [6.45, 7) is 0.519. The number of benzene rings is 1. The van der Waals surface area contributed by atoms with Gasteiger partial charge in [-0.1, -0.05) is 11.6 Å². The zero-order valence-electron chi connectivity index (χ0n) is 12.3. The highest BCUT2D eigenvalue weighted by Crippen LogP contribution is 2.32. The third-order valence-electron chi connectivity index (χ3n) is 3.16. The molecule has 0 radical (unpaired) electrons. The Morgan fingerprint density at radius 1 is 1.24 bits per heavy atom. The van der Waals surface area contributed by atoms with Crippen LogP contribution >= 0.6 is 11.6 Å². The average Bonchev–Trinajstić information content (AvgIpc) is 2.49. The smallest absolute Gasteiger partial charge is 0.184 e. The molecule has 6 heteroatoms. The molecule has 1 heterocycles. The fourth-order valence-corrected chi connectivity index (χ4v) is 2.29. The molecule has 0 aliphatic carbocycles. The number of pyridine rings is 1. The lowest BCUT2D eigenvalue weighted by atomic mass is 10.2. The van der Waals surface area contributed by atoms with E-state index in [9.17, 15) is 0 Å². The van der Waals surface area contributed by atoms with Crippen molar-refractivity contribution in [2.75, 3.05) is 31.9 Å². The Balaban J connectivity index is 2.31. The summed E-state index contributed by atoms with van der Waals surface area (Å²) in [5, 5.41) is 0.636. The molecule has 0 spiro atoms. The van der Waals surface area contributed by atoms with Gasteiger partial charge in [-0.2, -0.15) is 0 Å². The number of aromatic nitrogens is 1. The number of hydrogen-bond donors (Lipinski definition) is 1. The third kappa shape index (κ3) is 3.31. The number of halogens is 1. The van der Waals surface area contributed by atoms with E-state index in [0.29, 0.717) is 28.8 Å². The lowest BCUT2D eigenvalue weighted by Crippen LogP contribution is -2.19. The van der Waals surface area contributed by atoms with Crippen LogP contribution < -0.4 is 20.1 Å². The molecular formula is C15H18ClN3O2. The number of rotatable bonds is 5. The number of nitrogens with zero attached hydrogens (tertiary/aromatic N) is 2. The molecule has 0 fully saturated rings. The topological polar surface area (TPSA) is 60.6 Å². The molecule has 0 saturated carbocycles. The third-order valence-corrected chi connectivity index (χ3v) is 3.39. The fraction of sp³-hybridized carbons (Fsp3) is 0.267. The first-order valence-electron chi connectivity index (χ1n) is 6.38. The minimum Gasteiger partial charge on any atom is -0.493 e. The first-order valence-corrected chi connectivity index (χ1v) is 6.76. The van der Waals surface area contributed by atoms with Gasteiger partial charge in [0.1, 0.15) is 5.69 Å². The van der Waals surface area contributed by atoms with Gasteiger partial charge in [0.15, 0.2) is 11.5 Å². The Kier molecular flexibility index (Phi) is 4.75. The van der Waals surface area contributed by atoms with Gasteiger partial charge in [0.2, 0.25) is 0 Å². The largest absolute Gasteiger partial charge is 0.493 e. The minimum atomic E-state index is 0.519. The molecule has 0 atom stereocenters. The molecule has 21 heavy (non-hydrogen) atoms. The van der Waals surface area contributed by atoms with Crippen LogP contribution in [0, 0.1) is 0 Å². The van der Waals surface area contributed by atoms with Crippen LogP contribution in [0.3, 0.4) is 0 Å². The summed E-state index contributed by atoms with van der Waals surface area (Å²) in [6.07, 6.45) is 1.69. The van der Waals surface area contributed by atoms with Gasteiger partial charge in [0, 0.05) is 24.3 Å². The van der Waals surface area contributed by atoms with Crippen LogP contribution in [-0.4, -0.2) is 26.3 Å². The lowest BCUT2D eigenvalue weighted by molar-refractivity contribution is 0.349. The summed E-state index contributed by atoms with van der Waals surface area (Å²) in [4.78, 5) is 6.32. The Morgan fingerprint density at radius 2 is 2.00 bits per heavy atom. The Labute approximate surface area is 129 Å². The molecule has 0 aliphatic heterocycles. The van der Waals surface area contributed by atoms with Gasteiger partial charge in [0.25, 0.3) is 0 Å². The molecule has 0 unspecified atom stereocenters. The molecule has 1 aromatic heterocycles. The first-order chi connectivity index (χ1) is 10.1. The van der Waals surface area contributed by atoms with Crippen molar-refractivity contribution in [3.63, 3.8) is 0 Å². The summed E-state index contributed by atoms with van der Waals surface area (Å²) < 4.78 is 10.7. The predicted octanol–water partition coefficient (Wildman–Crippen LogP) is 2.97. The van der Waals surface area contributed by atoms with Crippen LogP contribution in [-0.2, 0) is 6.54 Å². The molecule has 112 valence electrons. The van der Waals surface area contributed by atoms with Gasteiger partial charge in [0.05, 0.1) is 32.1 Å². The molecule has 0 aliphatic rings. The van der Waals surface area contributed by atoms with Gasteiger partial charge in [-0.15, -0.1) is 0 Å². The summed E-state index contributed by atoms with van der Waals surface area (Å²) in [5.41, 5.74) is 8.25. The average molecular weight is 308 g/mol. The number of anilines is 2. The quantitative estimate of drug-likeness (QED) is 0.861. The molecule has 0 saturated heterocycles. The number of nitrogen functional groups attached to an aromatic ring is 1. The van der Waals surface area contributed by atoms with E-state index in [4.69, 9.17) is 26.8 Å². The van der Waals surface area contributed by atoms with E-state index in [-0.39, 0.29) is 0 Å². The van der Waals surface area contributed by atoms with E-state index in [1.807, 2.05) is 18.0 Å².